The summed E-state index contributed by atoms with van der Waals surface area (Å²) in [5.74, 6) is 1.41. The fourth-order valence-electron chi connectivity index (χ4n) is 3.04. The molecular formula is C15H28N4O3S. The van der Waals surface area contributed by atoms with Gasteiger partial charge in [0, 0.05) is 26.1 Å². The standard InChI is InChI=1S/C15H28N4O3S/c1-6-13-9-19(23(20,21)10(2)3)8-7-14(13)16-11(4)15-18-17-12(5)22-15/h10-11,13-14,16H,6-9H2,1-5H3/t11-,13-,14+/m1/s1. The summed E-state index contributed by atoms with van der Waals surface area (Å²) < 4.78 is 31.9. The van der Waals surface area contributed by atoms with Gasteiger partial charge >= 0.3 is 0 Å². The second kappa shape index (κ2) is 7.27. The molecule has 1 saturated heterocycles. The lowest BCUT2D eigenvalue weighted by molar-refractivity contribution is 0.186. The van der Waals surface area contributed by atoms with Crippen LogP contribution in [-0.2, 0) is 10.0 Å². The lowest BCUT2D eigenvalue weighted by Gasteiger charge is -2.39. The van der Waals surface area contributed by atoms with E-state index in [0.717, 1.165) is 12.8 Å². The van der Waals surface area contributed by atoms with E-state index in [4.69, 9.17) is 4.42 Å². The molecule has 0 bridgehead atoms. The average molecular weight is 344 g/mol. The number of aryl methyl sites for hydroxylation is 1. The molecule has 1 aromatic heterocycles. The Labute approximate surface area is 138 Å². The van der Waals surface area contributed by atoms with Crippen LogP contribution >= 0.6 is 0 Å². The maximum Gasteiger partial charge on any atom is 0.233 e. The van der Waals surface area contributed by atoms with E-state index in [0.29, 0.717) is 24.9 Å². The van der Waals surface area contributed by atoms with E-state index < -0.39 is 10.0 Å². The van der Waals surface area contributed by atoms with Gasteiger partial charge in [-0.25, -0.2) is 12.7 Å². The Bertz CT molecular complexity index is 614. The predicted molar refractivity (Wildman–Crippen MR) is 88.4 cm³/mol. The Morgan fingerprint density at radius 3 is 2.57 bits per heavy atom. The van der Waals surface area contributed by atoms with Gasteiger partial charge in [-0.15, -0.1) is 10.2 Å². The molecule has 0 saturated carbocycles. The van der Waals surface area contributed by atoms with Crippen LogP contribution in [0.1, 0.15) is 58.4 Å². The zero-order valence-electron chi connectivity index (χ0n) is 14.6. The van der Waals surface area contributed by atoms with Gasteiger partial charge in [-0.3, -0.25) is 0 Å². The monoisotopic (exact) mass is 344 g/mol. The lowest BCUT2D eigenvalue weighted by atomic mass is 9.90. The van der Waals surface area contributed by atoms with E-state index in [-0.39, 0.29) is 23.3 Å². The lowest BCUT2D eigenvalue weighted by Crippen LogP contribution is -2.52. The first-order valence-corrected chi connectivity index (χ1v) is 9.81. The number of sulfonamides is 1. The minimum absolute atomic E-state index is 0.0384. The van der Waals surface area contributed by atoms with Crippen LogP contribution in [0.5, 0.6) is 0 Å². The second-order valence-electron chi connectivity index (χ2n) is 6.56. The molecule has 8 heteroatoms. The summed E-state index contributed by atoms with van der Waals surface area (Å²) in [5.41, 5.74) is 0. The number of aromatic nitrogens is 2. The first-order valence-electron chi connectivity index (χ1n) is 8.30. The van der Waals surface area contributed by atoms with Crippen LogP contribution in [0.2, 0.25) is 0 Å². The second-order valence-corrected chi connectivity index (χ2v) is 9.05. The molecule has 7 nitrogen and oxygen atoms in total. The third-order valence-electron chi connectivity index (χ3n) is 4.55. The molecule has 0 aromatic carbocycles. The van der Waals surface area contributed by atoms with Crippen molar-refractivity contribution in [3.05, 3.63) is 11.8 Å². The van der Waals surface area contributed by atoms with Gasteiger partial charge in [0.15, 0.2) is 0 Å². The van der Waals surface area contributed by atoms with E-state index in [9.17, 15) is 8.42 Å². The van der Waals surface area contributed by atoms with Gasteiger partial charge in [-0.2, -0.15) is 0 Å². The maximum atomic E-state index is 12.4. The molecule has 1 aliphatic heterocycles. The predicted octanol–water partition coefficient (Wildman–Crippen LogP) is 1.87. The number of hydrogen-bond acceptors (Lipinski definition) is 6. The third-order valence-corrected chi connectivity index (χ3v) is 6.80. The Balaban J connectivity index is 2.02. The van der Waals surface area contributed by atoms with Crippen LogP contribution in [0.3, 0.4) is 0 Å². The molecule has 0 aliphatic carbocycles. The van der Waals surface area contributed by atoms with Gasteiger partial charge in [0.25, 0.3) is 0 Å². The Kier molecular flexibility index (Phi) is 5.80. The first kappa shape index (κ1) is 18.4. The molecule has 1 aliphatic rings. The minimum atomic E-state index is -3.18. The van der Waals surface area contributed by atoms with Crippen LogP contribution < -0.4 is 5.32 Å². The van der Waals surface area contributed by atoms with Gasteiger partial charge < -0.3 is 9.73 Å². The van der Waals surface area contributed by atoms with E-state index in [1.165, 1.54) is 0 Å². The molecular weight excluding hydrogens is 316 g/mol. The van der Waals surface area contributed by atoms with E-state index >= 15 is 0 Å². The summed E-state index contributed by atoms with van der Waals surface area (Å²) >= 11 is 0. The highest BCUT2D eigenvalue weighted by atomic mass is 32.2. The molecule has 23 heavy (non-hydrogen) atoms. The molecule has 1 fully saturated rings. The summed E-state index contributed by atoms with van der Waals surface area (Å²) in [6.45, 7) is 10.5. The van der Waals surface area contributed by atoms with Crippen molar-refractivity contribution in [1.29, 1.82) is 0 Å². The summed E-state index contributed by atoms with van der Waals surface area (Å²) in [6, 6.07) is 0.212. The van der Waals surface area contributed by atoms with Crippen LogP contribution in [0.4, 0.5) is 0 Å². The number of piperidine rings is 1. The van der Waals surface area contributed by atoms with Gasteiger partial charge in [-0.05, 0) is 33.1 Å². The Morgan fingerprint density at radius 1 is 1.35 bits per heavy atom. The average Bonchev–Trinajstić information content (AvgIpc) is 2.94. The van der Waals surface area contributed by atoms with Gasteiger partial charge in [0.05, 0.1) is 11.3 Å². The molecule has 1 aromatic rings. The highest BCUT2D eigenvalue weighted by Crippen LogP contribution is 2.26. The summed E-state index contributed by atoms with van der Waals surface area (Å²) in [7, 11) is -3.18. The van der Waals surface area contributed by atoms with Crippen LogP contribution in [-0.4, -0.2) is 47.3 Å². The maximum absolute atomic E-state index is 12.4. The quantitative estimate of drug-likeness (QED) is 0.847. The van der Waals surface area contributed by atoms with Crippen molar-refractivity contribution in [2.45, 2.75) is 64.8 Å². The van der Waals surface area contributed by atoms with E-state index in [1.807, 2.05) is 6.92 Å². The van der Waals surface area contributed by atoms with Crippen molar-refractivity contribution in [3.63, 3.8) is 0 Å². The highest BCUT2D eigenvalue weighted by Gasteiger charge is 2.36. The van der Waals surface area contributed by atoms with Gasteiger partial charge in [-0.1, -0.05) is 13.3 Å². The zero-order valence-corrected chi connectivity index (χ0v) is 15.4. The normalized spacial score (nSPS) is 25.0. The van der Waals surface area contributed by atoms with Crippen molar-refractivity contribution in [2.24, 2.45) is 5.92 Å². The van der Waals surface area contributed by atoms with Crippen LogP contribution in [0.15, 0.2) is 4.42 Å². The van der Waals surface area contributed by atoms with Crippen LogP contribution in [0.25, 0.3) is 0 Å². The van der Waals surface area contributed by atoms with Crippen LogP contribution in [0, 0.1) is 12.8 Å². The molecule has 0 radical (unpaired) electrons. The molecule has 132 valence electrons. The van der Waals surface area contributed by atoms with Crippen molar-refractivity contribution >= 4 is 10.0 Å². The third kappa shape index (κ3) is 4.10. The SMILES string of the molecule is CC[C@@H]1CN(S(=O)(=O)C(C)C)CC[C@@H]1N[C@H](C)c1nnc(C)o1. The number of rotatable bonds is 6. The first-order chi connectivity index (χ1) is 10.8. The largest absolute Gasteiger partial charge is 0.424 e. The summed E-state index contributed by atoms with van der Waals surface area (Å²) in [6.07, 6.45) is 1.72. The number of hydrogen-bond donors (Lipinski definition) is 1. The minimum Gasteiger partial charge on any atom is -0.424 e. The molecule has 3 atom stereocenters. The molecule has 0 amide bonds. The molecule has 2 rings (SSSR count). The van der Waals surface area contributed by atoms with Crippen molar-refractivity contribution in [3.8, 4) is 0 Å². The van der Waals surface area contributed by atoms with Gasteiger partial charge in [0.2, 0.25) is 21.8 Å². The van der Waals surface area contributed by atoms with E-state index in [2.05, 4.69) is 22.4 Å². The number of nitrogens with zero attached hydrogens (tertiary/aromatic N) is 3. The Morgan fingerprint density at radius 2 is 2.04 bits per heavy atom. The molecule has 2 heterocycles. The van der Waals surface area contributed by atoms with Crippen molar-refractivity contribution < 1.29 is 12.8 Å². The van der Waals surface area contributed by atoms with Gasteiger partial charge in [0.1, 0.15) is 0 Å². The molecule has 1 N–H and O–H groups in total. The van der Waals surface area contributed by atoms with E-state index in [1.54, 1.807) is 25.1 Å². The molecule has 0 spiro atoms. The Hall–Kier alpha value is -0.990. The fourth-order valence-corrected chi connectivity index (χ4v) is 4.40. The smallest absolute Gasteiger partial charge is 0.233 e. The summed E-state index contributed by atoms with van der Waals surface area (Å²) in [4.78, 5) is 0. The molecule has 0 unspecified atom stereocenters. The summed E-state index contributed by atoms with van der Waals surface area (Å²) in [5, 5.41) is 11.1. The van der Waals surface area contributed by atoms with Crippen molar-refractivity contribution in [2.75, 3.05) is 13.1 Å². The fraction of sp³-hybridized carbons (Fsp3) is 0.867. The highest BCUT2D eigenvalue weighted by molar-refractivity contribution is 7.89. The van der Waals surface area contributed by atoms with Crippen molar-refractivity contribution in [1.82, 2.24) is 19.8 Å². The number of nitrogens with one attached hydrogen (secondary N) is 1. The topological polar surface area (TPSA) is 88.3 Å². The zero-order chi connectivity index (χ0) is 17.2.